The SMILES string of the molecule is CCCNC(CCc1c(C)nn(C)c1C)Cc1nccs1. The van der Waals surface area contributed by atoms with Crippen LogP contribution in [0.25, 0.3) is 0 Å². The second kappa shape index (κ2) is 7.71. The number of aromatic nitrogens is 3. The second-order valence-electron chi connectivity index (χ2n) is 5.59. The van der Waals surface area contributed by atoms with Gasteiger partial charge in [0, 0.05) is 36.8 Å². The van der Waals surface area contributed by atoms with Crippen LogP contribution in [0.5, 0.6) is 0 Å². The molecule has 21 heavy (non-hydrogen) atoms. The van der Waals surface area contributed by atoms with Gasteiger partial charge in [0.2, 0.25) is 0 Å². The zero-order chi connectivity index (χ0) is 15.2. The molecule has 0 aliphatic rings. The van der Waals surface area contributed by atoms with Gasteiger partial charge in [-0.2, -0.15) is 5.10 Å². The molecule has 1 atom stereocenters. The van der Waals surface area contributed by atoms with Gasteiger partial charge >= 0.3 is 0 Å². The zero-order valence-corrected chi connectivity index (χ0v) is 14.3. The molecular formula is C16H26N4S. The molecule has 0 aromatic carbocycles. The summed E-state index contributed by atoms with van der Waals surface area (Å²) in [6, 6.07) is 0.495. The van der Waals surface area contributed by atoms with Gasteiger partial charge in [0.05, 0.1) is 10.7 Å². The predicted molar refractivity (Wildman–Crippen MR) is 88.9 cm³/mol. The normalized spacial score (nSPS) is 12.8. The summed E-state index contributed by atoms with van der Waals surface area (Å²) >= 11 is 1.75. The summed E-state index contributed by atoms with van der Waals surface area (Å²) < 4.78 is 1.99. The molecule has 0 amide bonds. The van der Waals surface area contributed by atoms with E-state index in [2.05, 4.69) is 41.6 Å². The Kier molecular flexibility index (Phi) is 5.94. The van der Waals surface area contributed by atoms with Crippen LogP contribution in [-0.4, -0.2) is 27.4 Å². The molecule has 0 saturated heterocycles. The van der Waals surface area contributed by atoms with Crippen LogP contribution in [0.2, 0.25) is 0 Å². The summed E-state index contributed by atoms with van der Waals surface area (Å²) in [6.45, 7) is 7.55. The first kappa shape index (κ1) is 16.2. The van der Waals surface area contributed by atoms with E-state index in [0.717, 1.165) is 25.8 Å². The Morgan fingerprint density at radius 1 is 1.38 bits per heavy atom. The largest absolute Gasteiger partial charge is 0.314 e. The van der Waals surface area contributed by atoms with E-state index in [1.807, 2.05) is 17.9 Å². The summed E-state index contributed by atoms with van der Waals surface area (Å²) in [4.78, 5) is 4.42. The summed E-state index contributed by atoms with van der Waals surface area (Å²) in [5.41, 5.74) is 3.86. The molecule has 0 fully saturated rings. The average molecular weight is 306 g/mol. The molecule has 5 heteroatoms. The van der Waals surface area contributed by atoms with Crippen LogP contribution in [0.3, 0.4) is 0 Å². The highest BCUT2D eigenvalue weighted by Gasteiger charge is 2.14. The molecule has 0 bridgehead atoms. The summed E-state index contributed by atoms with van der Waals surface area (Å²) in [5.74, 6) is 0. The molecule has 2 rings (SSSR count). The molecule has 2 heterocycles. The first-order valence-corrected chi connectivity index (χ1v) is 8.60. The van der Waals surface area contributed by atoms with Crippen molar-refractivity contribution in [2.24, 2.45) is 7.05 Å². The van der Waals surface area contributed by atoms with Gasteiger partial charge in [0.25, 0.3) is 0 Å². The molecule has 0 radical (unpaired) electrons. The van der Waals surface area contributed by atoms with Crippen molar-refractivity contribution < 1.29 is 0 Å². The van der Waals surface area contributed by atoms with Crippen molar-refractivity contribution >= 4 is 11.3 Å². The van der Waals surface area contributed by atoms with E-state index >= 15 is 0 Å². The molecule has 1 unspecified atom stereocenters. The van der Waals surface area contributed by atoms with Crippen LogP contribution in [0.4, 0.5) is 0 Å². The third-order valence-corrected chi connectivity index (χ3v) is 4.79. The molecule has 2 aromatic heterocycles. The third-order valence-electron chi connectivity index (χ3n) is 3.99. The van der Waals surface area contributed by atoms with Gasteiger partial charge in [0.1, 0.15) is 0 Å². The molecule has 0 saturated carbocycles. The van der Waals surface area contributed by atoms with E-state index in [0.29, 0.717) is 6.04 Å². The topological polar surface area (TPSA) is 42.7 Å². The minimum Gasteiger partial charge on any atom is -0.314 e. The Bertz CT molecular complexity index is 545. The second-order valence-corrected chi connectivity index (χ2v) is 6.57. The maximum absolute atomic E-state index is 4.51. The maximum Gasteiger partial charge on any atom is 0.0940 e. The summed E-state index contributed by atoms with van der Waals surface area (Å²) in [7, 11) is 2.02. The molecule has 0 aliphatic carbocycles. The van der Waals surface area contributed by atoms with E-state index in [4.69, 9.17) is 0 Å². The van der Waals surface area contributed by atoms with Crippen molar-refractivity contribution in [3.8, 4) is 0 Å². The van der Waals surface area contributed by atoms with Crippen LogP contribution in [-0.2, 0) is 19.9 Å². The van der Waals surface area contributed by atoms with E-state index in [9.17, 15) is 0 Å². The van der Waals surface area contributed by atoms with Gasteiger partial charge < -0.3 is 5.32 Å². The fraction of sp³-hybridized carbons (Fsp3) is 0.625. The van der Waals surface area contributed by atoms with Gasteiger partial charge in [-0.15, -0.1) is 11.3 Å². The molecule has 2 aromatic rings. The van der Waals surface area contributed by atoms with Gasteiger partial charge in [-0.05, 0) is 45.2 Å². The van der Waals surface area contributed by atoms with Crippen molar-refractivity contribution in [2.75, 3.05) is 6.54 Å². The lowest BCUT2D eigenvalue weighted by Gasteiger charge is -2.17. The van der Waals surface area contributed by atoms with Crippen LogP contribution >= 0.6 is 11.3 Å². The smallest absolute Gasteiger partial charge is 0.0940 e. The van der Waals surface area contributed by atoms with Crippen LogP contribution in [0.15, 0.2) is 11.6 Å². The van der Waals surface area contributed by atoms with E-state index < -0.39 is 0 Å². The van der Waals surface area contributed by atoms with E-state index in [-0.39, 0.29) is 0 Å². The summed E-state index contributed by atoms with van der Waals surface area (Å²) in [6.07, 6.45) is 6.30. The van der Waals surface area contributed by atoms with Gasteiger partial charge in [-0.1, -0.05) is 6.92 Å². The number of nitrogens with one attached hydrogen (secondary N) is 1. The maximum atomic E-state index is 4.51. The van der Waals surface area contributed by atoms with Crippen LogP contribution < -0.4 is 5.32 Å². The van der Waals surface area contributed by atoms with Crippen LogP contribution in [0.1, 0.15) is 41.7 Å². The highest BCUT2D eigenvalue weighted by atomic mass is 32.1. The first-order chi connectivity index (χ1) is 10.1. The molecule has 0 aliphatic heterocycles. The lowest BCUT2D eigenvalue weighted by atomic mass is 10.0. The predicted octanol–water partition coefficient (Wildman–Crippen LogP) is 3.04. The standard InChI is InChI=1S/C16H26N4S/c1-5-8-17-14(11-16-18-9-10-21-16)6-7-15-12(2)19-20(4)13(15)3/h9-10,14,17H,5-8,11H2,1-4H3. The lowest BCUT2D eigenvalue weighted by molar-refractivity contribution is 0.476. The Morgan fingerprint density at radius 3 is 2.76 bits per heavy atom. The minimum atomic E-state index is 0.495. The number of rotatable bonds is 8. The van der Waals surface area contributed by atoms with Gasteiger partial charge in [0.15, 0.2) is 0 Å². The Balaban J connectivity index is 1.97. The molecule has 0 spiro atoms. The van der Waals surface area contributed by atoms with Crippen molar-refractivity contribution in [3.63, 3.8) is 0 Å². The number of hydrogen-bond acceptors (Lipinski definition) is 4. The van der Waals surface area contributed by atoms with Crippen molar-refractivity contribution in [1.29, 1.82) is 0 Å². The van der Waals surface area contributed by atoms with E-state index in [1.165, 1.54) is 28.4 Å². The highest BCUT2D eigenvalue weighted by molar-refractivity contribution is 7.09. The highest BCUT2D eigenvalue weighted by Crippen LogP contribution is 2.17. The third kappa shape index (κ3) is 4.38. The summed E-state index contributed by atoms with van der Waals surface area (Å²) in [5, 5.41) is 11.5. The number of aryl methyl sites for hydroxylation is 2. The van der Waals surface area contributed by atoms with Crippen molar-refractivity contribution in [2.45, 2.75) is 52.5 Å². The fourth-order valence-electron chi connectivity index (χ4n) is 2.69. The molecule has 1 N–H and O–H groups in total. The van der Waals surface area contributed by atoms with Crippen molar-refractivity contribution in [3.05, 3.63) is 33.5 Å². The first-order valence-electron chi connectivity index (χ1n) is 7.72. The number of thiazole rings is 1. The number of nitrogens with zero attached hydrogens (tertiary/aromatic N) is 3. The Labute approximate surface area is 131 Å². The average Bonchev–Trinajstić information content (AvgIpc) is 3.04. The van der Waals surface area contributed by atoms with E-state index in [1.54, 1.807) is 11.3 Å². The monoisotopic (exact) mass is 306 g/mol. The van der Waals surface area contributed by atoms with Gasteiger partial charge in [-0.25, -0.2) is 4.98 Å². The minimum absolute atomic E-state index is 0.495. The molecule has 116 valence electrons. The zero-order valence-electron chi connectivity index (χ0n) is 13.5. The van der Waals surface area contributed by atoms with Crippen LogP contribution in [0, 0.1) is 13.8 Å². The number of hydrogen-bond donors (Lipinski definition) is 1. The van der Waals surface area contributed by atoms with Crippen molar-refractivity contribution in [1.82, 2.24) is 20.1 Å². The Morgan fingerprint density at radius 2 is 2.19 bits per heavy atom. The quantitative estimate of drug-likeness (QED) is 0.815. The molecule has 4 nitrogen and oxygen atoms in total. The Hall–Kier alpha value is -1.20. The lowest BCUT2D eigenvalue weighted by Crippen LogP contribution is -2.32. The van der Waals surface area contributed by atoms with Gasteiger partial charge in [-0.3, -0.25) is 4.68 Å². The fourth-order valence-corrected chi connectivity index (χ4v) is 3.39. The molecular weight excluding hydrogens is 280 g/mol.